The fraction of sp³-hybridized carbons (Fsp3) is 0.222. The van der Waals surface area contributed by atoms with Gasteiger partial charge in [0.05, 0.1) is 23.7 Å². The van der Waals surface area contributed by atoms with Gasteiger partial charge in [0, 0.05) is 11.0 Å². The van der Waals surface area contributed by atoms with Crippen molar-refractivity contribution in [2.75, 3.05) is 7.11 Å². The number of ether oxygens (including phenoxy) is 1. The average Bonchev–Trinajstić information content (AvgIpc) is 2.83. The Morgan fingerprint density at radius 1 is 1.27 bits per heavy atom. The van der Waals surface area contributed by atoms with E-state index in [1.54, 1.807) is 12.1 Å². The Hall–Kier alpha value is -2.62. The highest BCUT2D eigenvalue weighted by atomic mass is 16.5. The number of fused-ring (bicyclic) bond motifs is 1. The van der Waals surface area contributed by atoms with Crippen molar-refractivity contribution in [3.05, 3.63) is 60.0 Å². The van der Waals surface area contributed by atoms with Crippen LogP contribution in [-0.2, 0) is 4.74 Å². The predicted octanol–water partition coefficient (Wildman–Crippen LogP) is 3.89. The molecule has 0 aliphatic heterocycles. The van der Waals surface area contributed by atoms with Gasteiger partial charge in [-0.15, -0.1) is 0 Å². The second-order valence-electron chi connectivity index (χ2n) is 5.94. The number of nitrogens with zero attached hydrogens (tertiary/aromatic N) is 1. The van der Waals surface area contributed by atoms with Crippen molar-refractivity contribution in [2.24, 2.45) is 5.41 Å². The summed E-state index contributed by atoms with van der Waals surface area (Å²) in [6, 6.07) is 5.31. The molecule has 0 spiro atoms. The summed E-state index contributed by atoms with van der Waals surface area (Å²) in [7, 11) is 1.38. The highest BCUT2D eigenvalue weighted by Crippen LogP contribution is 2.26. The minimum Gasteiger partial charge on any atom is -0.465 e. The Bertz CT molecular complexity index is 823. The van der Waals surface area contributed by atoms with Gasteiger partial charge in [-0.1, -0.05) is 44.2 Å². The van der Waals surface area contributed by atoms with Gasteiger partial charge in [0.1, 0.15) is 5.82 Å². The van der Waals surface area contributed by atoms with Crippen LogP contribution in [0.4, 0.5) is 0 Å². The monoisotopic (exact) mass is 294 g/mol. The first-order valence-corrected chi connectivity index (χ1v) is 7.16. The number of nitrogens with one attached hydrogen (secondary N) is 1. The third kappa shape index (κ3) is 2.72. The maximum absolute atomic E-state index is 11.6. The normalized spacial score (nSPS) is 16.4. The largest absolute Gasteiger partial charge is 0.465 e. The van der Waals surface area contributed by atoms with Crippen LogP contribution in [0.5, 0.6) is 0 Å². The third-order valence-electron chi connectivity index (χ3n) is 3.67. The molecule has 0 amide bonds. The molecule has 2 aromatic rings. The first kappa shape index (κ1) is 14.3. The molecule has 1 heterocycles. The number of allylic oxidation sites excluding steroid dienone is 6. The SMILES string of the molecule is COC(=O)c1ccc2nc(C3=CC=CC(C)(C)C=C3)[nH]c2c1. The fourth-order valence-electron chi connectivity index (χ4n) is 2.36. The Balaban J connectivity index is 2.01. The van der Waals surface area contributed by atoms with Gasteiger partial charge >= 0.3 is 5.97 Å². The first-order valence-electron chi connectivity index (χ1n) is 7.16. The van der Waals surface area contributed by atoms with Gasteiger partial charge in [0.2, 0.25) is 0 Å². The van der Waals surface area contributed by atoms with Gasteiger partial charge in [-0.3, -0.25) is 0 Å². The standard InChI is InChI=1S/C18H18N2O2/c1-18(2)9-4-5-12(8-10-18)16-19-14-7-6-13(17(21)22-3)11-15(14)20-16/h4-11H,1-3H3,(H,19,20). The number of aromatic nitrogens is 2. The lowest BCUT2D eigenvalue weighted by atomic mass is 9.93. The lowest BCUT2D eigenvalue weighted by Gasteiger charge is -2.12. The number of benzene rings is 1. The number of hydrogen-bond acceptors (Lipinski definition) is 3. The Labute approximate surface area is 129 Å². The molecule has 0 radical (unpaired) electrons. The van der Waals surface area contributed by atoms with Crippen LogP contribution in [0, 0.1) is 5.41 Å². The number of aromatic amines is 1. The van der Waals surface area contributed by atoms with Crippen molar-refractivity contribution in [1.29, 1.82) is 0 Å². The van der Waals surface area contributed by atoms with Gasteiger partial charge in [0.15, 0.2) is 0 Å². The topological polar surface area (TPSA) is 55.0 Å². The molecule has 0 saturated carbocycles. The van der Waals surface area contributed by atoms with Gasteiger partial charge in [0.25, 0.3) is 0 Å². The van der Waals surface area contributed by atoms with Crippen molar-refractivity contribution >= 4 is 22.6 Å². The van der Waals surface area contributed by atoms with Crippen LogP contribution in [0.15, 0.2) is 48.6 Å². The molecule has 0 atom stereocenters. The maximum Gasteiger partial charge on any atom is 0.337 e. The van der Waals surface area contributed by atoms with E-state index in [-0.39, 0.29) is 11.4 Å². The van der Waals surface area contributed by atoms with E-state index in [4.69, 9.17) is 4.74 Å². The minimum absolute atomic E-state index is 0.0301. The summed E-state index contributed by atoms with van der Waals surface area (Å²) in [5.74, 6) is 0.437. The second-order valence-corrected chi connectivity index (χ2v) is 5.94. The summed E-state index contributed by atoms with van der Waals surface area (Å²) in [5.41, 5.74) is 3.20. The van der Waals surface area contributed by atoms with Crippen LogP contribution in [-0.4, -0.2) is 23.0 Å². The Morgan fingerprint density at radius 2 is 2.09 bits per heavy atom. The van der Waals surface area contributed by atoms with E-state index < -0.39 is 0 Å². The highest BCUT2D eigenvalue weighted by Gasteiger charge is 2.14. The lowest BCUT2D eigenvalue weighted by molar-refractivity contribution is 0.0601. The molecule has 0 unspecified atom stereocenters. The van der Waals surface area contributed by atoms with Crippen molar-refractivity contribution in [1.82, 2.24) is 9.97 Å². The molecule has 1 aliphatic rings. The first-order chi connectivity index (χ1) is 10.5. The van der Waals surface area contributed by atoms with E-state index in [1.807, 2.05) is 18.2 Å². The van der Waals surface area contributed by atoms with Crippen LogP contribution in [0.2, 0.25) is 0 Å². The highest BCUT2D eigenvalue weighted by molar-refractivity contribution is 5.94. The number of carbonyl (C=O) groups excluding carboxylic acids is 1. The summed E-state index contributed by atoms with van der Waals surface area (Å²) in [5, 5.41) is 0. The minimum atomic E-state index is -0.351. The van der Waals surface area contributed by atoms with Gasteiger partial charge in [-0.05, 0) is 18.2 Å². The average molecular weight is 294 g/mol. The molecule has 1 aromatic heterocycles. The van der Waals surface area contributed by atoms with Crippen LogP contribution < -0.4 is 0 Å². The molecule has 4 heteroatoms. The summed E-state index contributed by atoms with van der Waals surface area (Å²) in [6.07, 6.45) is 10.4. The van der Waals surface area contributed by atoms with E-state index in [0.29, 0.717) is 5.56 Å². The number of H-pyrrole nitrogens is 1. The van der Waals surface area contributed by atoms with Crippen LogP contribution >= 0.6 is 0 Å². The number of methoxy groups -OCH3 is 1. The molecule has 1 aromatic carbocycles. The van der Waals surface area contributed by atoms with Gasteiger partial charge < -0.3 is 9.72 Å². The molecule has 4 nitrogen and oxygen atoms in total. The maximum atomic E-state index is 11.6. The van der Waals surface area contributed by atoms with Gasteiger partial charge in [-0.2, -0.15) is 0 Å². The van der Waals surface area contributed by atoms with E-state index in [1.165, 1.54) is 7.11 Å². The zero-order valence-electron chi connectivity index (χ0n) is 12.9. The van der Waals surface area contributed by atoms with Crippen molar-refractivity contribution in [3.63, 3.8) is 0 Å². The number of rotatable bonds is 2. The second kappa shape index (κ2) is 5.30. The van der Waals surface area contributed by atoms with E-state index in [0.717, 1.165) is 22.4 Å². The fourth-order valence-corrected chi connectivity index (χ4v) is 2.36. The van der Waals surface area contributed by atoms with Crippen LogP contribution in [0.3, 0.4) is 0 Å². The molecular formula is C18H18N2O2. The number of hydrogen-bond donors (Lipinski definition) is 1. The number of esters is 1. The summed E-state index contributed by atoms with van der Waals surface area (Å²) < 4.78 is 4.74. The van der Waals surface area contributed by atoms with Crippen LogP contribution in [0.25, 0.3) is 16.6 Å². The molecule has 0 saturated heterocycles. The summed E-state index contributed by atoms with van der Waals surface area (Å²) in [6.45, 7) is 4.30. The molecule has 3 rings (SSSR count). The molecule has 22 heavy (non-hydrogen) atoms. The molecule has 1 N–H and O–H groups in total. The third-order valence-corrected chi connectivity index (χ3v) is 3.67. The predicted molar refractivity (Wildman–Crippen MR) is 87.5 cm³/mol. The number of carbonyl (C=O) groups is 1. The smallest absolute Gasteiger partial charge is 0.337 e. The molecule has 0 bridgehead atoms. The zero-order valence-corrected chi connectivity index (χ0v) is 12.9. The van der Waals surface area contributed by atoms with E-state index in [9.17, 15) is 4.79 Å². The van der Waals surface area contributed by atoms with E-state index >= 15 is 0 Å². The van der Waals surface area contributed by atoms with Crippen molar-refractivity contribution in [2.45, 2.75) is 13.8 Å². The number of imidazole rings is 1. The summed E-state index contributed by atoms with van der Waals surface area (Å²) >= 11 is 0. The quantitative estimate of drug-likeness (QED) is 0.855. The molecule has 112 valence electrons. The molecule has 0 fully saturated rings. The van der Waals surface area contributed by atoms with Crippen molar-refractivity contribution < 1.29 is 9.53 Å². The lowest BCUT2D eigenvalue weighted by Crippen LogP contribution is -2.00. The van der Waals surface area contributed by atoms with E-state index in [2.05, 4.69) is 42.0 Å². The zero-order chi connectivity index (χ0) is 15.7. The molecule has 1 aliphatic carbocycles. The Kier molecular flexibility index (Phi) is 3.45. The van der Waals surface area contributed by atoms with Crippen LogP contribution in [0.1, 0.15) is 30.0 Å². The molecular weight excluding hydrogens is 276 g/mol. The van der Waals surface area contributed by atoms with Crippen molar-refractivity contribution in [3.8, 4) is 0 Å². The Morgan fingerprint density at radius 3 is 2.86 bits per heavy atom. The van der Waals surface area contributed by atoms with Gasteiger partial charge in [-0.25, -0.2) is 9.78 Å². The summed E-state index contributed by atoms with van der Waals surface area (Å²) in [4.78, 5) is 19.5.